The smallest absolute Gasteiger partial charge is 0.00256 e. The highest BCUT2D eigenvalue weighted by Gasteiger charge is 2.16. The molecule has 0 N–H and O–H groups in total. The summed E-state index contributed by atoms with van der Waals surface area (Å²) in [7, 11) is 0.488. The van der Waals surface area contributed by atoms with Crippen LogP contribution in [-0.4, -0.2) is 39.0 Å². The van der Waals surface area contributed by atoms with Crippen molar-refractivity contribution >= 4 is 15.8 Å². The van der Waals surface area contributed by atoms with Crippen molar-refractivity contribution in [1.82, 2.24) is 0 Å². The summed E-state index contributed by atoms with van der Waals surface area (Å²) in [5.74, 6) is 0.783. The third-order valence-corrected chi connectivity index (χ3v) is 4.31. The first-order chi connectivity index (χ1) is 6.09. The van der Waals surface area contributed by atoms with E-state index in [2.05, 4.69) is 44.9 Å². The molecule has 0 aliphatic heterocycles. The molecule has 0 aromatic carbocycles. The van der Waals surface area contributed by atoms with Gasteiger partial charge in [-0.05, 0) is 39.0 Å². The highest BCUT2D eigenvalue weighted by molar-refractivity contribution is 7.56. The quantitative estimate of drug-likeness (QED) is 0.627. The predicted molar refractivity (Wildman–Crippen MR) is 68.0 cm³/mol. The van der Waals surface area contributed by atoms with Gasteiger partial charge in [0.2, 0.25) is 0 Å². The maximum atomic E-state index is 2.39. The lowest BCUT2D eigenvalue weighted by Crippen LogP contribution is -2.05. The van der Waals surface area contributed by atoms with Crippen LogP contribution in [0, 0.1) is 5.92 Å². The average molecular weight is 214 g/mol. The van der Waals surface area contributed by atoms with Gasteiger partial charge in [-0.25, -0.2) is 0 Å². The second kappa shape index (κ2) is 5.28. The molecule has 1 rings (SSSR count). The minimum Gasteiger partial charge on any atom is -0.112 e. The van der Waals surface area contributed by atoms with Crippen LogP contribution in [0.2, 0.25) is 0 Å². The van der Waals surface area contributed by atoms with Crippen molar-refractivity contribution in [3.63, 3.8) is 0 Å². The molecule has 1 aliphatic rings. The summed E-state index contributed by atoms with van der Waals surface area (Å²) in [6, 6.07) is 0. The minimum absolute atomic E-state index is 0.236. The number of allylic oxidation sites excluding steroid dienone is 4. The summed E-state index contributed by atoms with van der Waals surface area (Å²) in [4.78, 5) is 0. The number of hydrogen-bond acceptors (Lipinski definition) is 0. The zero-order valence-electron chi connectivity index (χ0n) is 9.12. The topological polar surface area (TPSA) is 0 Å². The molecule has 0 fully saturated rings. The van der Waals surface area contributed by atoms with Crippen molar-refractivity contribution in [1.29, 1.82) is 0 Å². The van der Waals surface area contributed by atoms with Crippen LogP contribution in [0.4, 0.5) is 0 Å². The van der Waals surface area contributed by atoms with Crippen molar-refractivity contribution in [2.45, 2.75) is 0 Å². The summed E-state index contributed by atoms with van der Waals surface area (Å²) in [5.41, 5.74) is 1.69. The maximum absolute atomic E-state index is 2.39. The highest BCUT2D eigenvalue weighted by atomic mass is 31.1. The molecule has 0 heterocycles. The van der Waals surface area contributed by atoms with Crippen LogP contribution >= 0.6 is 15.8 Å². The second-order valence-electron chi connectivity index (χ2n) is 4.23. The lowest BCUT2D eigenvalue weighted by Gasteiger charge is -2.17. The third-order valence-electron chi connectivity index (χ3n) is 2.19. The van der Waals surface area contributed by atoms with Crippen LogP contribution in [0.1, 0.15) is 0 Å². The molecule has 0 saturated carbocycles. The van der Waals surface area contributed by atoms with E-state index < -0.39 is 0 Å². The van der Waals surface area contributed by atoms with E-state index in [9.17, 15) is 0 Å². The first-order valence-corrected chi connectivity index (χ1v) is 9.60. The Morgan fingerprint density at radius 1 is 1.15 bits per heavy atom. The molecule has 13 heavy (non-hydrogen) atoms. The Balaban J connectivity index is 2.47. The summed E-state index contributed by atoms with van der Waals surface area (Å²) in [6.07, 6.45) is 9.71. The molecule has 0 spiro atoms. The van der Waals surface area contributed by atoms with Gasteiger partial charge in [-0.15, -0.1) is 15.8 Å². The van der Waals surface area contributed by atoms with Gasteiger partial charge in [-0.3, -0.25) is 0 Å². The van der Waals surface area contributed by atoms with Crippen LogP contribution < -0.4 is 0 Å². The van der Waals surface area contributed by atoms with E-state index in [1.807, 2.05) is 0 Å². The van der Waals surface area contributed by atoms with E-state index in [1.165, 1.54) is 12.3 Å². The van der Waals surface area contributed by atoms with Crippen molar-refractivity contribution in [2.24, 2.45) is 5.92 Å². The Morgan fingerprint density at radius 2 is 1.85 bits per heavy atom. The van der Waals surface area contributed by atoms with Gasteiger partial charge in [0.15, 0.2) is 0 Å². The summed E-state index contributed by atoms with van der Waals surface area (Å²) in [5, 5.41) is 0. The molecule has 1 unspecified atom stereocenters. The molecule has 0 saturated heterocycles. The SMILES string of the molecule is CP(C)CC1=CC=CC1CP(C)C. The molecular formula is C11H20P2. The lowest BCUT2D eigenvalue weighted by molar-refractivity contribution is 0.894. The van der Waals surface area contributed by atoms with Gasteiger partial charge in [0, 0.05) is 5.92 Å². The largest absolute Gasteiger partial charge is 0.112 e. The molecule has 0 bridgehead atoms. The number of hydrogen-bond donors (Lipinski definition) is 0. The third kappa shape index (κ3) is 3.92. The average Bonchev–Trinajstić information content (AvgIpc) is 2.34. The van der Waals surface area contributed by atoms with Gasteiger partial charge < -0.3 is 0 Å². The number of rotatable bonds is 4. The zero-order valence-corrected chi connectivity index (χ0v) is 10.9. The van der Waals surface area contributed by atoms with Crippen LogP contribution in [0.5, 0.6) is 0 Å². The Morgan fingerprint density at radius 3 is 2.38 bits per heavy atom. The van der Waals surface area contributed by atoms with Crippen LogP contribution in [0.25, 0.3) is 0 Å². The van der Waals surface area contributed by atoms with E-state index >= 15 is 0 Å². The van der Waals surface area contributed by atoms with Gasteiger partial charge >= 0.3 is 0 Å². The summed E-state index contributed by atoms with van der Waals surface area (Å²) in [6.45, 7) is 9.48. The maximum Gasteiger partial charge on any atom is 0.00256 e. The Kier molecular flexibility index (Phi) is 4.63. The van der Waals surface area contributed by atoms with E-state index in [1.54, 1.807) is 5.57 Å². The van der Waals surface area contributed by atoms with Crippen molar-refractivity contribution in [3.8, 4) is 0 Å². The Bertz CT molecular complexity index is 214. The molecule has 74 valence electrons. The first-order valence-electron chi connectivity index (χ1n) is 4.76. The predicted octanol–water partition coefficient (Wildman–Crippen LogP) is 3.58. The van der Waals surface area contributed by atoms with E-state index in [4.69, 9.17) is 0 Å². The summed E-state index contributed by atoms with van der Waals surface area (Å²) < 4.78 is 0. The van der Waals surface area contributed by atoms with Crippen molar-refractivity contribution < 1.29 is 0 Å². The van der Waals surface area contributed by atoms with Crippen LogP contribution in [-0.2, 0) is 0 Å². The van der Waals surface area contributed by atoms with Gasteiger partial charge in [-0.1, -0.05) is 23.8 Å². The van der Waals surface area contributed by atoms with Crippen LogP contribution in [0.3, 0.4) is 0 Å². The lowest BCUT2D eigenvalue weighted by atomic mass is 10.1. The van der Waals surface area contributed by atoms with Gasteiger partial charge in [0.05, 0.1) is 0 Å². The molecule has 0 nitrogen and oxygen atoms in total. The normalized spacial score (nSPS) is 21.7. The second-order valence-corrected chi connectivity index (χ2v) is 9.23. The molecule has 0 amide bonds. The molecule has 0 aromatic rings. The van der Waals surface area contributed by atoms with Crippen molar-refractivity contribution in [2.75, 3.05) is 39.0 Å². The molecule has 2 heteroatoms. The molecule has 0 radical (unpaired) electrons. The molecular weight excluding hydrogens is 194 g/mol. The van der Waals surface area contributed by atoms with Gasteiger partial charge in [0.1, 0.15) is 0 Å². The molecule has 0 aromatic heterocycles. The fourth-order valence-corrected chi connectivity index (χ4v) is 3.88. The fourth-order valence-electron chi connectivity index (χ4n) is 1.67. The first kappa shape index (κ1) is 11.4. The van der Waals surface area contributed by atoms with Crippen LogP contribution in [0.15, 0.2) is 23.8 Å². The minimum atomic E-state index is 0.236. The monoisotopic (exact) mass is 214 g/mol. The Hall–Kier alpha value is 0.340. The van der Waals surface area contributed by atoms with E-state index in [-0.39, 0.29) is 15.8 Å². The molecule has 1 atom stereocenters. The van der Waals surface area contributed by atoms with E-state index in [0.29, 0.717) is 0 Å². The van der Waals surface area contributed by atoms with Crippen molar-refractivity contribution in [3.05, 3.63) is 23.8 Å². The Labute approximate surface area is 85.0 Å². The fraction of sp³-hybridized carbons (Fsp3) is 0.636. The van der Waals surface area contributed by atoms with Gasteiger partial charge in [0.25, 0.3) is 0 Å². The summed E-state index contributed by atoms with van der Waals surface area (Å²) >= 11 is 0. The zero-order chi connectivity index (χ0) is 9.84. The van der Waals surface area contributed by atoms with Gasteiger partial charge in [-0.2, -0.15) is 0 Å². The van der Waals surface area contributed by atoms with E-state index in [0.717, 1.165) is 5.92 Å². The standard InChI is InChI=1S/C11H20P2/c1-12(2)8-10-6-5-7-11(10)9-13(3)4/h5-7,10H,8-9H2,1-4H3. The highest BCUT2D eigenvalue weighted by Crippen LogP contribution is 2.38. The molecule has 1 aliphatic carbocycles.